The fraction of sp³-hybridized carbons (Fsp3) is 0.176. The zero-order valence-electron chi connectivity index (χ0n) is 11.8. The predicted molar refractivity (Wildman–Crippen MR) is 81.1 cm³/mol. The molecule has 0 fully saturated rings. The Morgan fingerprint density at radius 1 is 1.19 bits per heavy atom. The van der Waals surface area contributed by atoms with Crippen LogP contribution in [-0.2, 0) is 17.8 Å². The highest BCUT2D eigenvalue weighted by Gasteiger charge is 2.18. The molecule has 1 aliphatic rings. The Bertz CT molecular complexity index is 705. The van der Waals surface area contributed by atoms with E-state index in [1.807, 2.05) is 31.2 Å². The molecule has 4 nitrogen and oxygen atoms in total. The van der Waals surface area contributed by atoms with Crippen LogP contribution in [0.3, 0.4) is 0 Å². The maximum Gasteiger partial charge on any atom is 0.251 e. The van der Waals surface area contributed by atoms with E-state index in [4.69, 9.17) is 0 Å². The average Bonchev–Trinajstić information content (AvgIpc) is 2.85. The van der Waals surface area contributed by atoms with Gasteiger partial charge in [-0.1, -0.05) is 29.8 Å². The Morgan fingerprint density at radius 3 is 2.71 bits per heavy atom. The summed E-state index contributed by atoms with van der Waals surface area (Å²) in [6.45, 7) is 2.52. The molecular weight excluding hydrogens is 264 g/mol. The normalized spacial score (nSPS) is 12.7. The maximum atomic E-state index is 12.1. The second-order valence-electron chi connectivity index (χ2n) is 5.27. The first-order chi connectivity index (χ1) is 10.1. The predicted octanol–water partition coefficient (Wildman–Crippen LogP) is 2.42. The van der Waals surface area contributed by atoms with Gasteiger partial charge in [-0.15, -0.1) is 0 Å². The van der Waals surface area contributed by atoms with Gasteiger partial charge >= 0.3 is 0 Å². The van der Waals surface area contributed by atoms with Gasteiger partial charge in [-0.05, 0) is 36.2 Å². The monoisotopic (exact) mass is 280 g/mol. The Balaban J connectivity index is 1.67. The van der Waals surface area contributed by atoms with E-state index >= 15 is 0 Å². The number of nitrogens with one attached hydrogen (secondary N) is 2. The van der Waals surface area contributed by atoms with Crippen LogP contribution in [0.2, 0.25) is 0 Å². The number of benzene rings is 2. The number of fused-ring (bicyclic) bond motifs is 1. The number of hydrogen-bond donors (Lipinski definition) is 2. The molecule has 2 aromatic carbocycles. The number of carbonyl (C=O) groups excluding carboxylic acids is 2. The van der Waals surface area contributed by atoms with Crippen LogP contribution in [0.25, 0.3) is 0 Å². The van der Waals surface area contributed by atoms with Gasteiger partial charge in [0.25, 0.3) is 5.91 Å². The maximum absolute atomic E-state index is 12.1. The molecule has 21 heavy (non-hydrogen) atoms. The lowest BCUT2D eigenvalue weighted by Gasteiger charge is -2.07. The van der Waals surface area contributed by atoms with Gasteiger partial charge < -0.3 is 10.6 Å². The van der Waals surface area contributed by atoms with E-state index in [2.05, 4.69) is 10.6 Å². The summed E-state index contributed by atoms with van der Waals surface area (Å²) in [5.41, 5.74) is 4.52. The molecule has 0 atom stereocenters. The van der Waals surface area contributed by atoms with Crippen molar-refractivity contribution in [2.75, 3.05) is 5.32 Å². The number of amides is 2. The molecule has 0 radical (unpaired) electrons. The summed E-state index contributed by atoms with van der Waals surface area (Å²) >= 11 is 0. The van der Waals surface area contributed by atoms with Gasteiger partial charge in [0.1, 0.15) is 0 Å². The van der Waals surface area contributed by atoms with Crippen LogP contribution in [0.1, 0.15) is 27.0 Å². The van der Waals surface area contributed by atoms with E-state index < -0.39 is 0 Å². The third-order valence-corrected chi connectivity index (χ3v) is 3.57. The average molecular weight is 280 g/mol. The van der Waals surface area contributed by atoms with Gasteiger partial charge in [-0.25, -0.2) is 0 Å². The minimum absolute atomic E-state index is 0.0257. The first-order valence-electron chi connectivity index (χ1n) is 6.88. The molecule has 4 heteroatoms. The van der Waals surface area contributed by atoms with Crippen LogP contribution in [-0.4, -0.2) is 11.8 Å². The van der Waals surface area contributed by atoms with Gasteiger partial charge in [0, 0.05) is 17.8 Å². The lowest BCUT2D eigenvalue weighted by Crippen LogP contribution is -2.22. The van der Waals surface area contributed by atoms with Crippen LogP contribution in [0.4, 0.5) is 5.69 Å². The first kappa shape index (κ1) is 13.4. The number of hydrogen-bond acceptors (Lipinski definition) is 2. The van der Waals surface area contributed by atoms with Crippen LogP contribution >= 0.6 is 0 Å². The number of aryl methyl sites for hydroxylation is 1. The molecule has 1 aliphatic heterocycles. The highest BCUT2D eigenvalue weighted by atomic mass is 16.2. The van der Waals surface area contributed by atoms with Crippen molar-refractivity contribution in [3.8, 4) is 0 Å². The van der Waals surface area contributed by atoms with Crippen molar-refractivity contribution in [3.05, 3.63) is 64.7 Å². The van der Waals surface area contributed by atoms with Crippen LogP contribution in [0.15, 0.2) is 42.5 Å². The van der Waals surface area contributed by atoms with E-state index in [0.29, 0.717) is 18.5 Å². The van der Waals surface area contributed by atoms with E-state index in [9.17, 15) is 9.59 Å². The Hall–Kier alpha value is -2.62. The highest BCUT2D eigenvalue weighted by molar-refractivity contribution is 6.01. The van der Waals surface area contributed by atoms with Crippen LogP contribution < -0.4 is 10.6 Å². The first-order valence-corrected chi connectivity index (χ1v) is 6.88. The van der Waals surface area contributed by atoms with Crippen molar-refractivity contribution >= 4 is 17.5 Å². The lowest BCUT2D eigenvalue weighted by molar-refractivity contribution is -0.115. The SMILES string of the molecule is Cc1ccc(CNC(=O)c2ccc3c(c2)CC(=O)N3)cc1. The number of carbonyl (C=O) groups is 2. The molecule has 106 valence electrons. The van der Waals surface area contributed by atoms with E-state index in [1.165, 1.54) is 5.56 Å². The van der Waals surface area contributed by atoms with Gasteiger partial charge in [0.2, 0.25) is 5.91 Å². The summed E-state index contributed by atoms with van der Waals surface area (Å²) in [5, 5.41) is 5.65. The third kappa shape index (κ3) is 2.94. The molecule has 0 saturated heterocycles. The molecule has 2 N–H and O–H groups in total. The molecule has 0 unspecified atom stereocenters. The smallest absolute Gasteiger partial charge is 0.251 e. The van der Waals surface area contributed by atoms with Crippen molar-refractivity contribution in [1.82, 2.24) is 5.32 Å². The van der Waals surface area contributed by atoms with Crippen LogP contribution in [0.5, 0.6) is 0 Å². The lowest BCUT2D eigenvalue weighted by atomic mass is 10.1. The quantitative estimate of drug-likeness (QED) is 0.907. The Kier molecular flexibility index (Phi) is 3.44. The summed E-state index contributed by atoms with van der Waals surface area (Å²) < 4.78 is 0. The number of anilines is 1. The molecule has 3 rings (SSSR count). The summed E-state index contributed by atoms with van der Waals surface area (Å²) in [4.78, 5) is 23.5. The van der Waals surface area contributed by atoms with Crippen molar-refractivity contribution in [2.24, 2.45) is 0 Å². The van der Waals surface area contributed by atoms with Gasteiger partial charge in [0.15, 0.2) is 0 Å². The molecular formula is C17H16N2O2. The van der Waals surface area contributed by atoms with Crippen molar-refractivity contribution < 1.29 is 9.59 Å². The molecule has 0 spiro atoms. The number of rotatable bonds is 3. The summed E-state index contributed by atoms with van der Waals surface area (Å²) in [7, 11) is 0. The largest absolute Gasteiger partial charge is 0.348 e. The van der Waals surface area contributed by atoms with Gasteiger partial charge in [-0.3, -0.25) is 9.59 Å². The van der Waals surface area contributed by atoms with Crippen molar-refractivity contribution in [2.45, 2.75) is 19.9 Å². The standard InChI is InChI=1S/C17H16N2O2/c1-11-2-4-12(5-3-11)10-18-17(21)13-6-7-15-14(8-13)9-16(20)19-15/h2-8H,9-10H2,1H3,(H,18,21)(H,19,20). The third-order valence-electron chi connectivity index (χ3n) is 3.57. The van der Waals surface area contributed by atoms with E-state index in [1.54, 1.807) is 18.2 Å². The molecule has 0 saturated carbocycles. The Morgan fingerprint density at radius 2 is 1.95 bits per heavy atom. The zero-order valence-corrected chi connectivity index (χ0v) is 11.8. The topological polar surface area (TPSA) is 58.2 Å². The van der Waals surface area contributed by atoms with Crippen molar-refractivity contribution in [3.63, 3.8) is 0 Å². The molecule has 2 aromatic rings. The van der Waals surface area contributed by atoms with Gasteiger partial charge in [0.05, 0.1) is 6.42 Å². The fourth-order valence-corrected chi connectivity index (χ4v) is 2.36. The zero-order chi connectivity index (χ0) is 14.8. The van der Waals surface area contributed by atoms with Crippen LogP contribution in [0, 0.1) is 6.92 Å². The molecule has 0 aromatic heterocycles. The molecule has 1 heterocycles. The van der Waals surface area contributed by atoms with Crippen molar-refractivity contribution in [1.29, 1.82) is 0 Å². The minimum atomic E-state index is -0.127. The molecule has 0 aliphatic carbocycles. The second-order valence-corrected chi connectivity index (χ2v) is 5.27. The van der Waals surface area contributed by atoms with E-state index in [-0.39, 0.29) is 11.8 Å². The van der Waals surface area contributed by atoms with Gasteiger partial charge in [-0.2, -0.15) is 0 Å². The van der Waals surface area contributed by atoms with E-state index in [0.717, 1.165) is 16.8 Å². The summed E-state index contributed by atoms with van der Waals surface area (Å²) in [5.74, 6) is -0.153. The summed E-state index contributed by atoms with van der Waals surface area (Å²) in [6, 6.07) is 13.3. The molecule has 2 amide bonds. The second kappa shape index (κ2) is 5.40. The minimum Gasteiger partial charge on any atom is -0.348 e. The Labute approximate surface area is 123 Å². The summed E-state index contributed by atoms with van der Waals surface area (Å²) in [6.07, 6.45) is 0.342. The highest BCUT2D eigenvalue weighted by Crippen LogP contribution is 2.23. The fourth-order valence-electron chi connectivity index (χ4n) is 2.36. The molecule has 0 bridgehead atoms.